The quantitative estimate of drug-likeness (QED) is 0.205. The maximum Gasteiger partial charge on any atom is 0.416 e. The molecule has 0 aliphatic rings. The minimum absolute atomic E-state index is 0.0754. The van der Waals surface area contributed by atoms with Crippen LogP contribution in [0.1, 0.15) is 17.5 Å². The Balaban J connectivity index is 1.89. The molecule has 0 radical (unpaired) electrons. The van der Waals surface area contributed by atoms with E-state index in [0.29, 0.717) is 18.1 Å². The van der Waals surface area contributed by atoms with Crippen molar-refractivity contribution in [3.8, 4) is 0 Å². The van der Waals surface area contributed by atoms with Crippen LogP contribution < -0.4 is 10.6 Å². The molecule has 2 N–H and O–H groups in total. The predicted octanol–water partition coefficient (Wildman–Crippen LogP) is 4.67. The molecule has 1 aromatic heterocycles. The van der Waals surface area contributed by atoms with Gasteiger partial charge in [0.1, 0.15) is 5.82 Å². The first-order chi connectivity index (χ1) is 15.5. The van der Waals surface area contributed by atoms with E-state index in [1.807, 2.05) is 19.0 Å². The van der Waals surface area contributed by atoms with Gasteiger partial charge in [0.15, 0.2) is 11.6 Å². The van der Waals surface area contributed by atoms with Gasteiger partial charge in [-0.25, -0.2) is 14.4 Å². The van der Waals surface area contributed by atoms with Gasteiger partial charge >= 0.3 is 6.18 Å². The van der Waals surface area contributed by atoms with Gasteiger partial charge in [-0.3, -0.25) is 10.1 Å². The summed E-state index contributed by atoms with van der Waals surface area (Å²) in [5, 5.41) is 17.1. The summed E-state index contributed by atoms with van der Waals surface area (Å²) in [6.45, 7) is 1.17. The second-order valence-corrected chi connectivity index (χ2v) is 7.63. The van der Waals surface area contributed by atoms with Crippen LogP contribution in [0.5, 0.6) is 0 Å². The molecule has 0 aliphatic heterocycles. The fourth-order valence-electron chi connectivity index (χ4n) is 3.11. The van der Waals surface area contributed by atoms with Gasteiger partial charge in [0.05, 0.1) is 21.5 Å². The van der Waals surface area contributed by atoms with E-state index >= 15 is 0 Å². The lowest BCUT2D eigenvalue weighted by atomic mass is 10.1. The first-order valence-corrected chi connectivity index (χ1v) is 9.98. The van der Waals surface area contributed by atoms with Crippen molar-refractivity contribution in [1.29, 1.82) is 0 Å². The van der Waals surface area contributed by atoms with E-state index in [9.17, 15) is 27.7 Å². The lowest BCUT2D eigenvalue weighted by Crippen LogP contribution is -2.17. The molecule has 1 heterocycles. The summed E-state index contributed by atoms with van der Waals surface area (Å²) >= 11 is 0. The molecule has 33 heavy (non-hydrogen) atoms. The Morgan fingerprint density at radius 3 is 2.39 bits per heavy atom. The summed E-state index contributed by atoms with van der Waals surface area (Å²) in [4.78, 5) is 21.4. The summed E-state index contributed by atoms with van der Waals surface area (Å²) in [6.07, 6.45) is -3.91. The van der Waals surface area contributed by atoms with E-state index in [1.165, 1.54) is 18.2 Å². The summed E-state index contributed by atoms with van der Waals surface area (Å²) in [5.74, 6) is -0.478. The van der Waals surface area contributed by atoms with Crippen molar-refractivity contribution in [2.45, 2.75) is 19.1 Å². The molecule has 0 amide bonds. The van der Waals surface area contributed by atoms with Crippen LogP contribution >= 0.6 is 0 Å². The molecular formula is C21H22F4N6O2. The Labute approximate surface area is 186 Å². The fourth-order valence-corrected chi connectivity index (χ4v) is 3.11. The minimum Gasteiger partial charge on any atom is -0.367 e. The highest BCUT2D eigenvalue weighted by Crippen LogP contribution is 2.31. The third kappa shape index (κ3) is 6.48. The third-order valence-corrected chi connectivity index (χ3v) is 4.68. The molecule has 0 unspecified atom stereocenters. The molecule has 0 aliphatic carbocycles. The first-order valence-electron chi connectivity index (χ1n) is 9.98. The molecule has 0 bridgehead atoms. The number of nitrogens with one attached hydrogen (secondary N) is 2. The molecule has 8 nitrogen and oxygen atoms in total. The van der Waals surface area contributed by atoms with E-state index < -0.39 is 22.5 Å². The van der Waals surface area contributed by atoms with E-state index in [0.717, 1.165) is 25.1 Å². The molecule has 0 saturated carbocycles. The van der Waals surface area contributed by atoms with Gasteiger partial charge in [0.25, 0.3) is 5.69 Å². The molecule has 12 heteroatoms. The Bertz CT molecular complexity index is 1150. The number of alkyl halides is 3. The lowest BCUT2D eigenvalue weighted by Gasteiger charge is -2.15. The Morgan fingerprint density at radius 1 is 1.03 bits per heavy atom. The Kier molecular flexibility index (Phi) is 7.26. The fraction of sp³-hybridized carbons (Fsp3) is 0.333. The highest BCUT2D eigenvalue weighted by atomic mass is 19.4. The lowest BCUT2D eigenvalue weighted by molar-refractivity contribution is -0.384. The molecule has 0 spiro atoms. The normalized spacial score (nSPS) is 11.7. The highest BCUT2D eigenvalue weighted by Gasteiger charge is 2.31. The monoisotopic (exact) mass is 466 g/mol. The van der Waals surface area contributed by atoms with E-state index in [-0.39, 0.29) is 34.9 Å². The standard InChI is InChI=1S/C21H22F4N6O2/c1-30(2)7-3-6-26-19-20(28-17-5-4-16(31(32)33)11-18(17)29-19)27-12-13-8-14(21(23,24)25)10-15(22)9-13/h4-5,8-11H,3,6-7,12H2,1-2H3,(H,26,29)(H,27,28). The topological polar surface area (TPSA) is 96.2 Å². The number of aromatic nitrogens is 2. The smallest absolute Gasteiger partial charge is 0.367 e. The van der Waals surface area contributed by atoms with Crippen molar-refractivity contribution in [2.75, 3.05) is 37.8 Å². The maximum absolute atomic E-state index is 13.7. The number of fused-ring (bicyclic) bond motifs is 1. The van der Waals surface area contributed by atoms with E-state index in [2.05, 4.69) is 20.6 Å². The van der Waals surface area contributed by atoms with Crippen molar-refractivity contribution in [3.63, 3.8) is 0 Å². The van der Waals surface area contributed by atoms with Crippen molar-refractivity contribution in [1.82, 2.24) is 14.9 Å². The van der Waals surface area contributed by atoms with Crippen LogP contribution in [-0.4, -0.2) is 47.0 Å². The van der Waals surface area contributed by atoms with Crippen LogP contribution in [0.25, 0.3) is 11.0 Å². The minimum atomic E-state index is -4.67. The molecule has 2 aromatic carbocycles. The molecule has 0 saturated heterocycles. The van der Waals surface area contributed by atoms with Crippen LogP contribution in [0, 0.1) is 15.9 Å². The summed E-state index contributed by atoms with van der Waals surface area (Å²) < 4.78 is 52.7. The van der Waals surface area contributed by atoms with Gasteiger partial charge in [-0.2, -0.15) is 13.2 Å². The van der Waals surface area contributed by atoms with Crippen LogP contribution in [0.3, 0.4) is 0 Å². The Morgan fingerprint density at radius 2 is 1.73 bits per heavy atom. The Hall–Kier alpha value is -3.54. The van der Waals surface area contributed by atoms with Crippen LogP contribution in [-0.2, 0) is 12.7 Å². The second kappa shape index (κ2) is 9.94. The zero-order valence-corrected chi connectivity index (χ0v) is 17.9. The molecule has 3 rings (SSSR count). The molecule has 176 valence electrons. The third-order valence-electron chi connectivity index (χ3n) is 4.68. The largest absolute Gasteiger partial charge is 0.416 e. The first kappa shape index (κ1) is 24.1. The molecular weight excluding hydrogens is 444 g/mol. The van der Waals surface area contributed by atoms with Gasteiger partial charge in [0.2, 0.25) is 0 Å². The number of nitro groups is 1. The van der Waals surface area contributed by atoms with Gasteiger partial charge in [-0.05, 0) is 56.9 Å². The number of hydrogen-bond donors (Lipinski definition) is 2. The van der Waals surface area contributed by atoms with Crippen LogP contribution in [0.2, 0.25) is 0 Å². The van der Waals surface area contributed by atoms with Crippen LogP contribution in [0.15, 0.2) is 36.4 Å². The summed E-state index contributed by atoms with van der Waals surface area (Å²) in [5.41, 5.74) is -0.507. The maximum atomic E-state index is 13.7. The number of hydrogen-bond acceptors (Lipinski definition) is 7. The van der Waals surface area contributed by atoms with Gasteiger partial charge in [-0.1, -0.05) is 0 Å². The highest BCUT2D eigenvalue weighted by molar-refractivity contribution is 5.82. The van der Waals surface area contributed by atoms with E-state index in [4.69, 9.17) is 0 Å². The van der Waals surface area contributed by atoms with Crippen molar-refractivity contribution in [3.05, 3.63) is 63.5 Å². The number of benzene rings is 2. The summed E-state index contributed by atoms with van der Waals surface area (Å²) in [6, 6.07) is 6.31. The number of nitrogens with zero attached hydrogens (tertiary/aromatic N) is 4. The van der Waals surface area contributed by atoms with Gasteiger partial charge in [0, 0.05) is 25.2 Å². The average Bonchev–Trinajstić information content (AvgIpc) is 2.73. The molecule has 0 atom stereocenters. The number of anilines is 2. The number of non-ortho nitro benzene ring substituents is 1. The van der Waals surface area contributed by atoms with Gasteiger partial charge < -0.3 is 15.5 Å². The van der Waals surface area contributed by atoms with Crippen molar-refractivity contribution >= 4 is 28.4 Å². The molecule has 3 aromatic rings. The average molecular weight is 466 g/mol. The number of halogens is 4. The van der Waals surface area contributed by atoms with Crippen LogP contribution in [0.4, 0.5) is 34.9 Å². The second-order valence-electron chi connectivity index (χ2n) is 7.63. The van der Waals surface area contributed by atoms with E-state index in [1.54, 1.807) is 0 Å². The zero-order chi connectivity index (χ0) is 24.2. The SMILES string of the molecule is CN(C)CCCNc1nc2cc([N+](=O)[O-])ccc2nc1NCc1cc(F)cc(C(F)(F)F)c1. The van der Waals surface area contributed by atoms with Crippen molar-refractivity contribution < 1.29 is 22.5 Å². The predicted molar refractivity (Wildman–Crippen MR) is 117 cm³/mol. The number of rotatable bonds is 9. The molecule has 0 fully saturated rings. The van der Waals surface area contributed by atoms with Crippen molar-refractivity contribution in [2.24, 2.45) is 0 Å². The number of nitro benzene ring substituents is 1. The zero-order valence-electron chi connectivity index (χ0n) is 17.9. The van der Waals surface area contributed by atoms with Gasteiger partial charge in [-0.15, -0.1) is 0 Å². The summed E-state index contributed by atoms with van der Waals surface area (Å²) in [7, 11) is 3.85.